The van der Waals surface area contributed by atoms with Crippen molar-refractivity contribution < 1.29 is 0 Å². The van der Waals surface area contributed by atoms with Crippen LogP contribution in [0.3, 0.4) is 0 Å². The zero-order valence-corrected chi connectivity index (χ0v) is 16.7. The van der Waals surface area contributed by atoms with Crippen LogP contribution in [0.1, 0.15) is 22.3 Å². The molecule has 0 atom stereocenters. The number of rotatable bonds is 0. The quantitative estimate of drug-likeness (QED) is 0.235. The van der Waals surface area contributed by atoms with E-state index < -0.39 is 0 Å². The Kier molecular flexibility index (Phi) is 3.10. The fraction of sp³-hybridized carbons (Fsp3) is 0.0400. The predicted molar refractivity (Wildman–Crippen MR) is 115 cm³/mol. The Labute approximate surface area is 171 Å². The number of hydrogen-bond donors (Lipinski definition) is 0. The molecular formula is C25H14BrCl. The summed E-state index contributed by atoms with van der Waals surface area (Å²) in [6, 6.07) is 30.5. The third-order valence-electron chi connectivity index (χ3n) is 6.01. The molecule has 0 bridgehead atoms. The van der Waals surface area contributed by atoms with Crippen LogP contribution in [0.5, 0.6) is 0 Å². The highest BCUT2D eigenvalue weighted by Gasteiger charge is 2.51. The predicted octanol–water partition coefficient (Wildman–Crippen LogP) is 7.45. The van der Waals surface area contributed by atoms with Crippen molar-refractivity contribution in [1.29, 1.82) is 0 Å². The minimum Gasteiger partial charge on any atom is -0.0843 e. The van der Waals surface area contributed by atoms with Crippen molar-refractivity contribution in [1.82, 2.24) is 0 Å². The highest BCUT2D eigenvalue weighted by Crippen LogP contribution is 2.63. The summed E-state index contributed by atoms with van der Waals surface area (Å²) >= 11 is 10.4. The zero-order chi connectivity index (χ0) is 18.2. The van der Waals surface area contributed by atoms with Crippen molar-refractivity contribution in [3.8, 4) is 22.3 Å². The summed E-state index contributed by atoms with van der Waals surface area (Å²) in [6.45, 7) is 0. The van der Waals surface area contributed by atoms with Crippen molar-refractivity contribution >= 4 is 27.5 Å². The molecule has 0 heterocycles. The fourth-order valence-electron chi connectivity index (χ4n) is 5.13. The van der Waals surface area contributed by atoms with Crippen LogP contribution in [0.2, 0.25) is 5.02 Å². The molecule has 0 amide bonds. The Hall–Kier alpha value is -2.35. The van der Waals surface area contributed by atoms with Gasteiger partial charge >= 0.3 is 0 Å². The van der Waals surface area contributed by atoms with E-state index >= 15 is 0 Å². The second kappa shape index (κ2) is 5.34. The van der Waals surface area contributed by atoms with E-state index in [1.807, 2.05) is 6.07 Å². The molecule has 0 fully saturated rings. The monoisotopic (exact) mass is 428 g/mol. The van der Waals surface area contributed by atoms with Crippen molar-refractivity contribution in [3.05, 3.63) is 117 Å². The van der Waals surface area contributed by atoms with E-state index in [-0.39, 0.29) is 5.41 Å². The molecule has 0 aliphatic heterocycles. The Morgan fingerprint density at radius 3 is 1.67 bits per heavy atom. The van der Waals surface area contributed by atoms with E-state index in [0.717, 1.165) is 9.50 Å². The van der Waals surface area contributed by atoms with Gasteiger partial charge in [-0.15, -0.1) is 0 Å². The first-order chi connectivity index (χ1) is 13.2. The molecule has 0 unspecified atom stereocenters. The molecule has 128 valence electrons. The molecule has 0 saturated carbocycles. The van der Waals surface area contributed by atoms with Crippen LogP contribution in [0.15, 0.2) is 89.4 Å². The minimum absolute atomic E-state index is 0.313. The molecule has 0 radical (unpaired) electrons. The smallest absolute Gasteiger partial charge is 0.0726 e. The van der Waals surface area contributed by atoms with E-state index in [4.69, 9.17) is 11.6 Å². The molecule has 27 heavy (non-hydrogen) atoms. The number of hydrogen-bond acceptors (Lipinski definition) is 0. The van der Waals surface area contributed by atoms with Gasteiger partial charge < -0.3 is 0 Å². The van der Waals surface area contributed by atoms with Crippen molar-refractivity contribution in [2.75, 3.05) is 0 Å². The van der Waals surface area contributed by atoms with E-state index in [1.54, 1.807) is 0 Å². The summed E-state index contributed by atoms with van der Waals surface area (Å²) in [4.78, 5) is 0. The summed E-state index contributed by atoms with van der Waals surface area (Å²) in [5.41, 5.74) is 10.1. The van der Waals surface area contributed by atoms with Gasteiger partial charge in [0.1, 0.15) is 0 Å². The first kappa shape index (κ1) is 15.7. The van der Waals surface area contributed by atoms with E-state index in [0.29, 0.717) is 0 Å². The van der Waals surface area contributed by atoms with Gasteiger partial charge in [-0.25, -0.2) is 0 Å². The normalized spacial score (nSPS) is 14.6. The largest absolute Gasteiger partial charge is 0.0843 e. The van der Waals surface area contributed by atoms with Gasteiger partial charge in [-0.05, 0) is 51.1 Å². The van der Waals surface area contributed by atoms with Gasteiger partial charge in [0.2, 0.25) is 0 Å². The zero-order valence-electron chi connectivity index (χ0n) is 14.3. The van der Waals surface area contributed by atoms with Gasteiger partial charge in [-0.2, -0.15) is 0 Å². The third kappa shape index (κ3) is 1.79. The SMILES string of the molecule is Clc1cc(Br)c2c(c1)C1(c3ccccc3-c3ccccc31)c1ccccc1-2. The maximum atomic E-state index is 6.56. The molecule has 0 nitrogen and oxygen atoms in total. The van der Waals surface area contributed by atoms with Crippen molar-refractivity contribution in [2.24, 2.45) is 0 Å². The van der Waals surface area contributed by atoms with Gasteiger partial charge in [0.25, 0.3) is 0 Å². The van der Waals surface area contributed by atoms with Gasteiger partial charge in [0.15, 0.2) is 0 Å². The Bertz CT molecular complexity index is 1210. The summed E-state index contributed by atoms with van der Waals surface area (Å²) < 4.78 is 1.05. The highest BCUT2D eigenvalue weighted by atomic mass is 79.9. The first-order valence-corrected chi connectivity index (χ1v) is 10.2. The molecule has 0 saturated heterocycles. The topological polar surface area (TPSA) is 0 Å². The van der Waals surface area contributed by atoms with Crippen LogP contribution in [0.4, 0.5) is 0 Å². The molecule has 2 aliphatic rings. The maximum Gasteiger partial charge on any atom is 0.0726 e. The molecule has 4 aromatic carbocycles. The first-order valence-electron chi connectivity index (χ1n) is 9.01. The molecule has 4 aromatic rings. The average Bonchev–Trinajstić information content (AvgIpc) is 3.15. The van der Waals surface area contributed by atoms with Gasteiger partial charge in [0.05, 0.1) is 5.41 Å². The second-order valence-electron chi connectivity index (χ2n) is 7.20. The van der Waals surface area contributed by atoms with Crippen molar-refractivity contribution in [2.45, 2.75) is 5.41 Å². The van der Waals surface area contributed by atoms with Crippen LogP contribution in [0, 0.1) is 0 Å². The molecule has 1 spiro atoms. The summed E-state index contributed by atoms with van der Waals surface area (Å²) in [7, 11) is 0. The van der Waals surface area contributed by atoms with Crippen LogP contribution >= 0.6 is 27.5 Å². The minimum atomic E-state index is -0.313. The summed E-state index contributed by atoms with van der Waals surface area (Å²) in [5.74, 6) is 0. The van der Waals surface area contributed by atoms with Gasteiger partial charge in [-0.1, -0.05) is 100 Å². The van der Waals surface area contributed by atoms with Crippen LogP contribution < -0.4 is 0 Å². The van der Waals surface area contributed by atoms with E-state index in [2.05, 4.69) is 94.8 Å². The summed E-state index contributed by atoms with van der Waals surface area (Å²) in [5, 5.41) is 0.759. The second-order valence-corrected chi connectivity index (χ2v) is 8.49. The molecule has 2 heteroatoms. The third-order valence-corrected chi connectivity index (χ3v) is 6.86. The fourth-order valence-corrected chi connectivity index (χ4v) is 6.16. The lowest BCUT2D eigenvalue weighted by Gasteiger charge is -2.30. The summed E-state index contributed by atoms with van der Waals surface area (Å²) in [6.07, 6.45) is 0. The van der Waals surface area contributed by atoms with E-state index in [9.17, 15) is 0 Å². The lowest BCUT2D eigenvalue weighted by Crippen LogP contribution is -2.25. The lowest BCUT2D eigenvalue weighted by atomic mass is 9.70. The highest BCUT2D eigenvalue weighted by molar-refractivity contribution is 9.10. The van der Waals surface area contributed by atoms with Crippen molar-refractivity contribution in [3.63, 3.8) is 0 Å². The number of halogens is 2. The van der Waals surface area contributed by atoms with Crippen LogP contribution in [-0.2, 0) is 5.41 Å². The molecule has 0 N–H and O–H groups in total. The average molecular weight is 430 g/mol. The standard InChI is InChI=1S/C25H14BrCl/c26-23-14-15(27)13-22-24(23)18-9-3-6-12-21(18)25(22)19-10-4-1-7-16(19)17-8-2-5-11-20(17)25/h1-14H. The van der Waals surface area contributed by atoms with E-state index in [1.165, 1.54) is 44.5 Å². The molecule has 6 rings (SSSR count). The van der Waals surface area contributed by atoms with Gasteiger partial charge in [0, 0.05) is 15.1 Å². The number of fused-ring (bicyclic) bond motifs is 10. The van der Waals surface area contributed by atoms with Crippen LogP contribution in [-0.4, -0.2) is 0 Å². The van der Waals surface area contributed by atoms with Gasteiger partial charge in [-0.3, -0.25) is 0 Å². The lowest BCUT2D eigenvalue weighted by molar-refractivity contribution is 0.793. The number of benzene rings is 4. The van der Waals surface area contributed by atoms with Crippen LogP contribution in [0.25, 0.3) is 22.3 Å². The Morgan fingerprint density at radius 2 is 1.07 bits per heavy atom. The Balaban J connectivity index is 1.89. The molecular weight excluding hydrogens is 416 g/mol. The maximum absolute atomic E-state index is 6.56. The Morgan fingerprint density at radius 1 is 0.593 bits per heavy atom. The molecule has 2 aliphatic carbocycles. The molecule has 0 aromatic heterocycles.